The monoisotopic (exact) mass is 353 g/mol. The maximum Gasteiger partial charge on any atom is 0.277 e. The van der Waals surface area contributed by atoms with Crippen molar-refractivity contribution in [2.45, 2.75) is 17.7 Å². The number of hydrogen-bond donors (Lipinski definition) is 3. The Morgan fingerprint density at radius 2 is 2.13 bits per heavy atom. The van der Waals surface area contributed by atoms with Crippen LogP contribution in [0.25, 0.3) is 10.9 Å². The average Bonchev–Trinajstić information content (AvgIpc) is 3.13. The molecule has 0 saturated heterocycles. The van der Waals surface area contributed by atoms with Gasteiger partial charge in [0.2, 0.25) is 11.8 Å². The van der Waals surface area contributed by atoms with Crippen molar-refractivity contribution in [2.24, 2.45) is 11.5 Å². The number of rotatable bonds is 6. The van der Waals surface area contributed by atoms with E-state index >= 15 is 0 Å². The number of carbonyl (C=O) groups is 1. The second-order valence-corrected chi connectivity index (χ2v) is 5.76. The second kappa shape index (κ2) is 7.49. The summed E-state index contributed by atoms with van der Waals surface area (Å²) in [5.74, 6) is 0.00404. The van der Waals surface area contributed by atoms with Gasteiger partial charge in [-0.25, -0.2) is 0 Å². The van der Waals surface area contributed by atoms with Gasteiger partial charge in [0.1, 0.15) is 0 Å². The third kappa shape index (κ3) is 4.04. The topological polar surface area (TPSA) is 124 Å². The number of thioether (sulfide) groups is 1. The summed E-state index contributed by atoms with van der Waals surface area (Å²) in [5.41, 5.74) is 13.4. The maximum atomic E-state index is 10.7. The Bertz CT molecular complexity index is 803. The fourth-order valence-corrected chi connectivity index (χ4v) is 2.69. The molecule has 2 aromatic heterocycles. The number of fused-ring (bicyclic) bond motifs is 1. The average molecular weight is 354 g/mol. The van der Waals surface area contributed by atoms with Gasteiger partial charge >= 0.3 is 0 Å². The van der Waals surface area contributed by atoms with E-state index < -0.39 is 11.9 Å². The van der Waals surface area contributed by atoms with Crippen molar-refractivity contribution in [3.63, 3.8) is 0 Å². The van der Waals surface area contributed by atoms with Gasteiger partial charge in [-0.3, -0.25) is 4.79 Å². The molecule has 1 atom stereocenters. The van der Waals surface area contributed by atoms with E-state index in [9.17, 15) is 4.79 Å². The van der Waals surface area contributed by atoms with Gasteiger partial charge in [0.25, 0.3) is 5.22 Å². The summed E-state index contributed by atoms with van der Waals surface area (Å²) >= 11 is 1.10. The number of nitrogens with two attached hydrogens (primary N) is 2. The van der Waals surface area contributed by atoms with Gasteiger partial charge in [-0.1, -0.05) is 30.0 Å². The number of para-hydroxylation sites is 1. The number of nitrogens with one attached hydrogen (secondary N) is 1. The molecule has 0 aliphatic carbocycles. The zero-order valence-electron chi connectivity index (χ0n) is 12.1. The molecule has 0 aliphatic heterocycles. The maximum absolute atomic E-state index is 10.7. The van der Waals surface area contributed by atoms with E-state index in [1.165, 1.54) is 0 Å². The molecular weight excluding hydrogens is 338 g/mol. The number of hydrogen-bond acceptors (Lipinski definition) is 6. The van der Waals surface area contributed by atoms with Crippen LogP contribution in [0.2, 0.25) is 0 Å². The molecule has 0 saturated carbocycles. The molecule has 9 heteroatoms. The Labute approximate surface area is 142 Å². The fraction of sp³-hybridized carbons (Fsp3) is 0.214. The number of aromatic nitrogens is 3. The van der Waals surface area contributed by atoms with Gasteiger partial charge in [-0.15, -0.1) is 22.6 Å². The number of H-pyrrole nitrogens is 1. The van der Waals surface area contributed by atoms with Crippen molar-refractivity contribution in [2.75, 3.05) is 5.75 Å². The second-order valence-electron chi connectivity index (χ2n) is 4.83. The van der Waals surface area contributed by atoms with Gasteiger partial charge in [0.15, 0.2) is 0 Å². The van der Waals surface area contributed by atoms with Gasteiger partial charge < -0.3 is 20.9 Å². The zero-order valence-corrected chi connectivity index (χ0v) is 13.7. The summed E-state index contributed by atoms with van der Waals surface area (Å²) in [5, 5.41) is 9.20. The van der Waals surface area contributed by atoms with E-state index in [0.717, 1.165) is 28.2 Å². The van der Waals surface area contributed by atoms with Gasteiger partial charge in [-0.2, -0.15) is 0 Å². The van der Waals surface area contributed by atoms with Gasteiger partial charge in [0.05, 0.1) is 11.8 Å². The van der Waals surface area contributed by atoms with Gasteiger partial charge in [-0.05, 0) is 18.1 Å². The third-order valence-electron chi connectivity index (χ3n) is 3.19. The highest BCUT2D eigenvalue weighted by atomic mass is 35.5. The molecule has 0 aliphatic rings. The zero-order chi connectivity index (χ0) is 15.5. The van der Waals surface area contributed by atoms with Crippen LogP contribution in [0.15, 0.2) is 40.1 Å². The minimum Gasteiger partial charge on any atom is -0.414 e. The summed E-state index contributed by atoms with van der Waals surface area (Å²) in [4.78, 5) is 13.9. The Balaban J connectivity index is 0.00000192. The van der Waals surface area contributed by atoms with Gasteiger partial charge in [0, 0.05) is 17.1 Å². The Hall–Kier alpha value is -2.03. The van der Waals surface area contributed by atoms with Crippen molar-refractivity contribution in [1.29, 1.82) is 0 Å². The molecule has 0 spiro atoms. The lowest BCUT2D eigenvalue weighted by Crippen LogP contribution is -2.13. The lowest BCUT2D eigenvalue weighted by molar-refractivity contribution is -0.115. The highest BCUT2D eigenvalue weighted by Gasteiger charge is 2.17. The normalized spacial score (nSPS) is 12.0. The van der Waals surface area contributed by atoms with Crippen LogP contribution in [0, 0.1) is 0 Å². The predicted octanol–water partition coefficient (Wildman–Crippen LogP) is 1.79. The fourth-order valence-electron chi connectivity index (χ4n) is 2.19. The van der Waals surface area contributed by atoms with Crippen molar-refractivity contribution in [1.82, 2.24) is 15.2 Å². The van der Waals surface area contributed by atoms with Crippen LogP contribution in [0.4, 0.5) is 0 Å². The van der Waals surface area contributed by atoms with E-state index in [4.69, 9.17) is 15.9 Å². The molecule has 7 nitrogen and oxygen atoms in total. The molecular formula is C14H16ClN5O2S. The molecule has 0 fully saturated rings. The van der Waals surface area contributed by atoms with Crippen molar-refractivity contribution in [3.8, 4) is 0 Å². The molecule has 0 bridgehead atoms. The van der Waals surface area contributed by atoms with Crippen molar-refractivity contribution < 1.29 is 9.21 Å². The third-order valence-corrected chi connectivity index (χ3v) is 4.03. The molecule has 5 N–H and O–H groups in total. The SMILES string of the molecule is Cl.NC(=O)CSc1nnc([C@@H](N)Cc2c[nH]c3ccccc23)o1. The van der Waals surface area contributed by atoms with E-state index in [1.807, 2.05) is 30.5 Å². The number of carbonyl (C=O) groups excluding carboxylic acids is 1. The Morgan fingerprint density at radius 3 is 2.91 bits per heavy atom. The van der Waals surface area contributed by atoms with Crippen molar-refractivity contribution >= 4 is 41.0 Å². The molecule has 122 valence electrons. The van der Waals surface area contributed by atoms with E-state index in [2.05, 4.69) is 15.2 Å². The van der Waals surface area contributed by atoms with E-state index in [1.54, 1.807) is 0 Å². The molecule has 1 aromatic carbocycles. The molecule has 3 rings (SSSR count). The quantitative estimate of drug-likeness (QED) is 0.580. The first-order valence-electron chi connectivity index (χ1n) is 6.68. The highest BCUT2D eigenvalue weighted by Crippen LogP contribution is 2.24. The number of halogens is 1. The largest absolute Gasteiger partial charge is 0.414 e. The first-order chi connectivity index (χ1) is 10.6. The lowest BCUT2D eigenvalue weighted by Gasteiger charge is -2.05. The minimum absolute atomic E-state index is 0. The molecule has 0 unspecified atom stereocenters. The Kier molecular flexibility index (Phi) is 5.64. The van der Waals surface area contributed by atoms with Crippen LogP contribution in [0.5, 0.6) is 0 Å². The number of primary amides is 1. The highest BCUT2D eigenvalue weighted by molar-refractivity contribution is 7.99. The molecule has 3 aromatic rings. The standard InChI is InChI=1S/C14H15N5O2S.ClH/c15-10(13-18-19-14(21-13)22-7-12(16)20)5-8-6-17-11-4-2-1-3-9(8)11;/h1-4,6,10,17H,5,7,15H2,(H2,16,20);1H/t10-;/m0./s1. The number of aromatic amines is 1. The van der Waals surface area contributed by atoms with Crippen LogP contribution in [-0.2, 0) is 11.2 Å². The van der Waals surface area contributed by atoms with Crippen LogP contribution < -0.4 is 11.5 Å². The lowest BCUT2D eigenvalue weighted by atomic mass is 10.1. The predicted molar refractivity (Wildman–Crippen MR) is 90.4 cm³/mol. The molecule has 2 heterocycles. The molecule has 1 amide bonds. The van der Waals surface area contributed by atoms with Crippen LogP contribution >= 0.6 is 24.2 Å². The first-order valence-corrected chi connectivity index (χ1v) is 7.67. The van der Waals surface area contributed by atoms with Crippen LogP contribution in [-0.4, -0.2) is 26.8 Å². The summed E-state index contributed by atoms with van der Waals surface area (Å²) < 4.78 is 5.45. The summed E-state index contributed by atoms with van der Waals surface area (Å²) in [6.07, 6.45) is 2.51. The number of nitrogens with zero attached hydrogens (tertiary/aromatic N) is 2. The van der Waals surface area contributed by atoms with E-state index in [0.29, 0.717) is 17.5 Å². The minimum atomic E-state index is -0.437. The van der Waals surface area contributed by atoms with Crippen molar-refractivity contribution in [3.05, 3.63) is 41.9 Å². The summed E-state index contributed by atoms with van der Waals surface area (Å²) in [6, 6.07) is 7.60. The number of amides is 1. The number of benzene rings is 1. The molecule has 0 radical (unpaired) electrons. The first kappa shape index (κ1) is 17.3. The van der Waals surface area contributed by atoms with Crippen LogP contribution in [0.1, 0.15) is 17.5 Å². The van der Waals surface area contributed by atoms with Crippen LogP contribution in [0.3, 0.4) is 0 Å². The molecule has 23 heavy (non-hydrogen) atoms. The summed E-state index contributed by atoms with van der Waals surface area (Å²) in [6.45, 7) is 0. The Morgan fingerprint density at radius 1 is 1.35 bits per heavy atom. The summed E-state index contributed by atoms with van der Waals surface area (Å²) in [7, 11) is 0. The smallest absolute Gasteiger partial charge is 0.277 e. The van der Waals surface area contributed by atoms with E-state index in [-0.39, 0.29) is 18.2 Å².